The highest BCUT2D eigenvalue weighted by molar-refractivity contribution is 5.56. The first-order chi connectivity index (χ1) is 14.8. The number of anilines is 1. The molecule has 1 atom stereocenters. The quantitative estimate of drug-likeness (QED) is 0.512. The molecule has 8 nitrogen and oxygen atoms in total. The van der Waals surface area contributed by atoms with Crippen LogP contribution in [0.3, 0.4) is 0 Å². The highest BCUT2D eigenvalue weighted by Gasteiger charge is 2.16. The lowest BCUT2D eigenvalue weighted by Crippen LogP contribution is -2.19. The van der Waals surface area contributed by atoms with Crippen molar-refractivity contribution in [3.8, 4) is 17.1 Å². The van der Waals surface area contributed by atoms with Crippen molar-refractivity contribution in [2.45, 2.75) is 25.5 Å². The van der Waals surface area contributed by atoms with Gasteiger partial charge in [0.2, 0.25) is 5.95 Å². The van der Waals surface area contributed by atoms with Crippen LogP contribution in [-0.4, -0.2) is 48.6 Å². The highest BCUT2D eigenvalue weighted by atomic mass is 16.5. The van der Waals surface area contributed by atoms with Crippen LogP contribution in [-0.2, 0) is 11.3 Å². The first-order valence-corrected chi connectivity index (χ1v) is 10.1. The Labute approximate surface area is 174 Å². The molecule has 3 aromatic heterocycles. The van der Waals surface area contributed by atoms with Crippen LogP contribution in [0.2, 0.25) is 0 Å². The topological polar surface area (TPSA) is 82.7 Å². The van der Waals surface area contributed by atoms with Gasteiger partial charge in [0.1, 0.15) is 5.82 Å². The van der Waals surface area contributed by atoms with Crippen LogP contribution in [0.25, 0.3) is 17.1 Å². The molecule has 8 heteroatoms. The third-order valence-electron chi connectivity index (χ3n) is 5.15. The zero-order chi connectivity index (χ0) is 20.2. The number of hydrogen-bond acceptors (Lipinski definition) is 6. The Balaban J connectivity index is 1.30. The van der Waals surface area contributed by atoms with Gasteiger partial charge >= 0.3 is 0 Å². The Morgan fingerprint density at radius 1 is 1.07 bits per heavy atom. The third kappa shape index (κ3) is 4.08. The van der Waals surface area contributed by atoms with Gasteiger partial charge in [-0.25, -0.2) is 15.0 Å². The Hall–Kier alpha value is -3.52. The van der Waals surface area contributed by atoms with Crippen molar-refractivity contribution in [1.29, 1.82) is 0 Å². The van der Waals surface area contributed by atoms with Gasteiger partial charge in [0.15, 0.2) is 0 Å². The Bertz CT molecular complexity index is 1080. The van der Waals surface area contributed by atoms with Crippen LogP contribution in [0.5, 0.6) is 0 Å². The van der Waals surface area contributed by atoms with Crippen molar-refractivity contribution in [3.63, 3.8) is 0 Å². The molecule has 4 heterocycles. The van der Waals surface area contributed by atoms with Crippen LogP contribution in [0.15, 0.2) is 67.5 Å². The molecule has 1 fully saturated rings. The second-order valence-corrected chi connectivity index (χ2v) is 7.31. The van der Waals surface area contributed by atoms with Crippen LogP contribution in [0, 0.1) is 0 Å². The highest BCUT2D eigenvalue weighted by Crippen LogP contribution is 2.21. The van der Waals surface area contributed by atoms with Gasteiger partial charge in [0.25, 0.3) is 0 Å². The molecule has 1 saturated heterocycles. The summed E-state index contributed by atoms with van der Waals surface area (Å²) < 4.78 is 9.53. The van der Waals surface area contributed by atoms with Crippen molar-refractivity contribution in [2.75, 3.05) is 18.5 Å². The summed E-state index contributed by atoms with van der Waals surface area (Å²) in [6.07, 6.45) is 13.6. The fraction of sp³-hybridized carbons (Fsp3) is 0.273. The van der Waals surface area contributed by atoms with E-state index in [-0.39, 0.29) is 6.10 Å². The van der Waals surface area contributed by atoms with E-state index in [1.165, 1.54) is 5.56 Å². The number of rotatable bonds is 7. The molecule has 1 unspecified atom stereocenters. The summed E-state index contributed by atoms with van der Waals surface area (Å²) in [7, 11) is 0. The van der Waals surface area contributed by atoms with Gasteiger partial charge < -0.3 is 10.1 Å². The van der Waals surface area contributed by atoms with E-state index in [1.54, 1.807) is 18.6 Å². The van der Waals surface area contributed by atoms with Gasteiger partial charge in [-0.15, -0.1) is 0 Å². The molecule has 5 rings (SSSR count). The van der Waals surface area contributed by atoms with Crippen molar-refractivity contribution in [2.24, 2.45) is 0 Å². The summed E-state index contributed by atoms with van der Waals surface area (Å²) in [5.74, 6) is 1.38. The normalized spacial score (nSPS) is 16.1. The van der Waals surface area contributed by atoms with E-state index >= 15 is 0 Å². The number of nitrogens with zero attached hydrogens (tertiary/aromatic N) is 6. The summed E-state index contributed by atoms with van der Waals surface area (Å²) in [6, 6.07) is 10.3. The van der Waals surface area contributed by atoms with E-state index < -0.39 is 0 Å². The van der Waals surface area contributed by atoms with E-state index in [9.17, 15) is 0 Å². The fourth-order valence-corrected chi connectivity index (χ4v) is 3.60. The van der Waals surface area contributed by atoms with Gasteiger partial charge in [0, 0.05) is 44.1 Å². The van der Waals surface area contributed by atoms with Crippen molar-refractivity contribution >= 4 is 5.95 Å². The summed E-state index contributed by atoms with van der Waals surface area (Å²) in [5, 5.41) is 7.74. The van der Waals surface area contributed by atoms with Crippen LogP contribution in [0.1, 0.15) is 18.4 Å². The Morgan fingerprint density at radius 2 is 1.93 bits per heavy atom. The van der Waals surface area contributed by atoms with Gasteiger partial charge in [0.05, 0.1) is 30.1 Å². The Kier molecular flexibility index (Phi) is 5.22. The van der Waals surface area contributed by atoms with Crippen LogP contribution < -0.4 is 5.32 Å². The molecule has 1 N–H and O–H groups in total. The zero-order valence-corrected chi connectivity index (χ0v) is 16.6. The monoisotopic (exact) mass is 401 g/mol. The second-order valence-electron chi connectivity index (χ2n) is 7.31. The van der Waals surface area contributed by atoms with Gasteiger partial charge in [-0.1, -0.05) is 30.3 Å². The molecule has 152 valence electrons. The second kappa shape index (κ2) is 8.46. The van der Waals surface area contributed by atoms with Gasteiger partial charge in [-0.05, 0) is 18.4 Å². The van der Waals surface area contributed by atoms with E-state index in [1.807, 2.05) is 46.0 Å². The molecule has 0 saturated carbocycles. The average Bonchev–Trinajstić information content (AvgIpc) is 3.55. The maximum absolute atomic E-state index is 5.62. The van der Waals surface area contributed by atoms with Gasteiger partial charge in [-0.3, -0.25) is 9.25 Å². The summed E-state index contributed by atoms with van der Waals surface area (Å²) in [6.45, 7) is 2.30. The molecule has 0 bridgehead atoms. The molecule has 0 radical (unpaired) electrons. The summed E-state index contributed by atoms with van der Waals surface area (Å²) >= 11 is 0. The predicted molar refractivity (Wildman–Crippen MR) is 113 cm³/mol. The molecule has 0 amide bonds. The fourth-order valence-electron chi connectivity index (χ4n) is 3.60. The SMILES string of the molecule is c1ccc(Cn2cc(-n3ccnc3-c3cnc(NCC4CCCO4)nc3)cn2)cc1. The number of hydrogen-bond donors (Lipinski definition) is 1. The molecule has 30 heavy (non-hydrogen) atoms. The number of nitrogens with one attached hydrogen (secondary N) is 1. The largest absolute Gasteiger partial charge is 0.376 e. The van der Waals surface area contributed by atoms with Crippen molar-refractivity contribution < 1.29 is 4.74 Å². The number of imidazole rings is 1. The van der Waals surface area contributed by atoms with E-state index in [0.717, 1.165) is 49.6 Å². The number of ether oxygens (including phenoxy) is 1. The van der Waals surface area contributed by atoms with Crippen LogP contribution in [0.4, 0.5) is 5.95 Å². The molecule has 0 spiro atoms. The third-order valence-corrected chi connectivity index (χ3v) is 5.15. The predicted octanol–water partition coefficient (Wildman–Crippen LogP) is 3.17. The minimum Gasteiger partial charge on any atom is -0.376 e. The molecule has 1 aromatic carbocycles. The van der Waals surface area contributed by atoms with Crippen LogP contribution >= 0.6 is 0 Å². The first kappa shape index (κ1) is 18.5. The lowest BCUT2D eigenvalue weighted by atomic mass is 10.2. The lowest BCUT2D eigenvalue weighted by Gasteiger charge is -2.10. The summed E-state index contributed by atoms with van der Waals surface area (Å²) in [4.78, 5) is 13.4. The molecule has 1 aliphatic heterocycles. The maximum atomic E-state index is 5.62. The first-order valence-electron chi connectivity index (χ1n) is 10.1. The smallest absolute Gasteiger partial charge is 0.222 e. The minimum absolute atomic E-state index is 0.250. The van der Waals surface area contributed by atoms with Gasteiger partial charge in [-0.2, -0.15) is 5.10 Å². The van der Waals surface area contributed by atoms with E-state index in [0.29, 0.717) is 5.95 Å². The van der Waals surface area contributed by atoms with E-state index in [4.69, 9.17) is 4.74 Å². The zero-order valence-electron chi connectivity index (χ0n) is 16.6. The molecular weight excluding hydrogens is 378 g/mol. The number of benzene rings is 1. The maximum Gasteiger partial charge on any atom is 0.222 e. The van der Waals surface area contributed by atoms with Crippen molar-refractivity contribution in [3.05, 3.63) is 73.1 Å². The average molecular weight is 401 g/mol. The van der Waals surface area contributed by atoms with E-state index in [2.05, 4.69) is 37.5 Å². The lowest BCUT2D eigenvalue weighted by molar-refractivity contribution is 0.120. The number of aromatic nitrogens is 6. The van der Waals surface area contributed by atoms with Crippen molar-refractivity contribution in [1.82, 2.24) is 29.3 Å². The summed E-state index contributed by atoms with van der Waals surface area (Å²) in [5.41, 5.74) is 3.00. The molecule has 4 aromatic rings. The molecule has 0 aliphatic carbocycles. The standard InChI is InChI=1S/C22H23N7O/c1-2-5-17(6-3-1)15-28-16-19(13-27-28)29-9-8-23-21(29)18-11-24-22(25-12-18)26-14-20-7-4-10-30-20/h1-3,5-6,8-9,11-13,16,20H,4,7,10,14-15H2,(H,24,25,26). The Morgan fingerprint density at radius 3 is 2.73 bits per heavy atom. The minimum atomic E-state index is 0.250. The molecule has 1 aliphatic rings. The molecular formula is C22H23N7O.